The molecule has 1 unspecified atom stereocenters. The van der Waals surface area contributed by atoms with Crippen molar-refractivity contribution in [3.8, 4) is 0 Å². The molecule has 0 amide bonds. The van der Waals surface area contributed by atoms with Crippen LogP contribution in [-0.4, -0.2) is 39.4 Å². The largest absolute Gasteiger partial charge is 0.396 e. The molecule has 4 heteroatoms. The first kappa shape index (κ1) is 22.6. The average Bonchev–Trinajstić information content (AvgIpc) is 3.46. The Morgan fingerprint density at radius 1 is 1.11 bits per heavy atom. The van der Waals surface area contributed by atoms with Gasteiger partial charge in [0.05, 0.1) is 11.7 Å². The molecule has 0 radical (unpaired) electrons. The highest BCUT2D eigenvalue weighted by Crippen LogP contribution is 2.45. The molecule has 2 rings (SSSR count). The zero-order valence-electron chi connectivity index (χ0n) is 17.1. The molecular weight excluding hydrogens is 340 g/mol. The summed E-state index contributed by atoms with van der Waals surface area (Å²) in [6.45, 7) is 2.41. The lowest BCUT2D eigenvalue weighted by molar-refractivity contribution is -0.121. The van der Waals surface area contributed by atoms with E-state index in [1.54, 1.807) is 0 Å². The van der Waals surface area contributed by atoms with E-state index in [0.29, 0.717) is 12.3 Å². The lowest BCUT2D eigenvalue weighted by Crippen LogP contribution is -2.30. The zero-order valence-corrected chi connectivity index (χ0v) is 17.1. The summed E-state index contributed by atoms with van der Waals surface area (Å²) < 4.78 is 0. The fraction of sp³-hybridized carbons (Fsp3) is 0.870. The third kappa shape index (κ3) is 6.99. The number of ketones is 1. The van der Waals surface area contributed by atoms with Crippen LogP contribution in [-0.2, 0) is 4.79 Å². The Bertz CT molecular complexity index is 471. The van der Waals surface area contributed by atoms with Crippen LogP contribution in [0.15, 0.2) is 12.2 Å². The maximum atomic E-state index is 12.3. The third-order valence-electron chi connectivity index (χ3n) is 6.54. The van der Waals surface area contributed by atoms with Gasteiger partial charge in [0.15, 0.2) is 0 Å². The second-order valence-corrected chi connectivity index (χ2v) is 8.82. The molecule has 3 N–H and O–H groups in total. The number of Topliss-reactive ketones (excluding diaryl/α,β-unsaturated/α-hetero) is 1. The van der Waals surface area contributed by atoms with Crippen LogP contribution in [0.25, 0.3) is 0 Å². The van der Waals surface area contributed by atoms with Crippen LogP contribution in [0.2, 0.25) is 0 Å². The quantitative estimate of drug-likeness (QED) is 0.312. The fourth-order valence-corrected chi connectivity index (χ4v) is 4.60. The van der Waals surface area contributed by atoms with Crippen molar-refractivity contribution in [2.45, 2.75) is 102 Å². The van der Waals surface area contributed by atoms with Gasteiger partial charge in [0.2, 0.25) is 0 Å². The molecule has 27 heavy (non-hydrogen) atoms. The maximum absolute atomic E-state index is 12.3. The van der Waals surface area contributed by atoms with Gasteiger partial charge in [-0.3, -0.25) is 4.79 Å². The van der Waals surface area contributed by atoms with Crippen molar-refractivity contribution in [2.75, 3.05) is 6.61 Å². The molecule has 4 nitrogen and oxygen atoms in total. The number of aliphatic hydroxyl groups excluding tert-OH is 2. The Morgan fingerprint density at radius 2 is 1.81 bits per heavy atom. The van der Waals surface area contributed by atoms with Crippen molar-refractivity contribution in [1.82, 2.24) is 0 Å². The lowest BCUT2D eigenvalue weighted by Gasteiger charge is -2.27. The molecule has 4 atom stereocenters. The van der Waals surface area contributed by atoms with E-state index >= 15 is 0 Å². The van der Waals surface area contributed by atoms with Gasteiger partial charge < -0.3 is 15.3 Å². The molecule has 0 bridgehead atoms. The monoisotopic (exact) mass is 380 g/mol. The number of aliphatic hydroxyl groups is 3. The second kappa shape index (κ2) is 11.3. The van der Waals surface area contributed by atoms with E-state index < -0.39 is 11.7 Å². The molecule has 2 fully saturated rings. The Labute approximate surface area is 165 Å². The number of unbranched alkanes of at least 4 members (excludes halogenated alkanes) is 5. The minimum absolute atomic E-state index is 0.0706. The number of hydrogen-bond acceptors (Lipinski definition) is 4. The Morgan fingerprint density at radius 3 is 2.48 bits per heavy atom. The summed E-state index contributed by atoms with van der Waals surface area (Å²) in [6, 6.07) is 0. The second-order valence-electron chi connectivity index (χ2n) is 8.82. The van der Waals surface area contributed by atoms with Crippen molar-refractivity contribution in [1.29, 1.82) is 0 Å². The van der Waals surface area contributed by atoms with Gasteiger partial charge >= 0.3 is 0 Å². The predicted molar refractivity (Wildman–Crippen MR) is 108 cm³/mol. The molecule has 0 spiro atoms. The summed E-state index contributed by atoms with van der Waals surface area (Å²) in [5.41, 5.74) is -0.595. The Balaban J connectivity index is 1.83. The van der Waals surface area contributed by atoms with Gasteiger partial charge in [-0.25, -0.2) is 0 Å². The van der Waals surface area contributed by atoms with Crippen molar-refractivity contribution in [3.63, 3.8) is 0 Å². The lowest BCUT2D eigenvalue weighted by atomic mass is 9.85. The SMILES string of the molecule is CCCCC(O)(C/C=C/[C@H]1[C@H](O)CC(=O)[C@@H]1CCCCCCCO)C1CC1. The van der Waals surface area contributed by atoms with Gasteiger partial charge in [-0.2, -0.15) is 0 Å². The molecule has 0 aromatic heterocycles. The summed E-state index contributed by atoms with van der Waals surface area (Å²) >= 11 is 0. The Kier molecular flexibility index (Phi) is 9.47. The molecule has 0 heterocycles. The first-order valence-corrected chi connectivity index (χ1v) is 11.2. The fourth-order valence-electron chi connectivity index (χ4n) is 4.60. The van der Waals surface area contributed by atoms with Gasteiger partial charge in [0, 0.05) is 24.9 Å². The molecule has 2 aliphatic rings. The van der Waals surface area contributed by atoms with Gasteiger partial charge in [0.1, 0.15) is 5.78 Å². The van der Waals surface area contributed by atoms with Crippen LogP contribution in [0.4, 0.5) is 0 Å². The number of rotatable bonds is 14. The van der Waals surface area contributed by atoms with Crippen LogP contribution in [0.3, 0.4) is 0 Å². The van der Waals surface area contributed by atoms with Crippen molar-refractivity contribution < 1.29 is 20.1 Å². The Hall–Kier alpha value is -0.710. The number of carbonyl (C=O) groups is 1. The van der Waals surface area contributed by atoms with E-state index in [9.17, 15) is 15.0 Å². The zero-order chi connectivity index (χ0) is 19.7. The molecule has 2 saturated carbocycles. The van der Waals surface area contributed by atoms with E-state index in [1.165, 1.54) is 0 Å². The van der Waals surface area contributed by atoms with Crippen LogP contribution in [0, 0.1) is 17.8 Å². The van der Waals surface area contributed by atoms with Gasteiger partial charge in [0.25, 0.3) is 0 Å². The van der Waals surface area contributed by atoms with Gasteiger partial charge in [-0.05, 0) is 44.4 Å². The van der Waals surface area contributed by atoms with Crippen LogP contribution in [0.1, 0.15) is 90.4 Å². The minimum Gasteiger partial charge on any atom is -0.396 e. The number of hydrogen-bond donors (Lipinski definition) is 3. The smallest absolute Gasteiger partial charge is 0.139 e. The van der Waals surface area contributed by atoms with Crippen LogP contribution < -0.4 is 0 Å². The van der Waals surface area contributed by atoms with Crippen molar-refractivity contribution in [3.05, 3.63) is 12.2 Å². The number of carbonyl (C=O) groups excluding carboxylic acids is 1. The normalized spacial score (nSPS) is 28.1. The molecule has 0 aliphatic heterocycles. The van der Waals surface area contributed by atoms with Crippen molar-refractivity contribution in [2.24, 2.45) is 17.8 Å². The topological polar surface area (TPSA) is 77.8 Å². The van der Waals surface area contributed by atoms with E-state index in [-0.39, 0.29) is 30.6 Å². The highest BCUT2D eigenvalue weighted by Gasteiger charge is 2.43. The van der Waals surface area contributed by atoms with E-state index in [1.807, 2.05) is 12.2 Å². The molecular formula is C23H40O4. The van der Waals surface area contributed by atoms with Crippen molar-refractivity contribution >= 4 is 5.78 Å². The molecule has 0 aromatic rings. The summed E-state index contributed by atoms with van der Waals surface area (Å²) in [5, 5.41) is 30.1. The first-order valence-electron chi connectivity index (χ1n) is 11.2. The maximum Gasteiger partial charge on any atom is 0.139 e. The van der Waals surface area contributed by atoms with E-state index in [4.69, 9.17) is 5.11 Å². The highest BCUT2D eigenvalue weighted by atomic mass is 16.3. The van der Waals surface area contributed by atoms with E-state index in [2.05, 4.69) is 6.92 Å². The minimum atomic E-state index is -0.595. The van der Waals surface area contributed by atoms with Gasteiger partial charge in [-0.1, -0.05) is 57.6 Å². The molecule has 0 saturated heterocycles. The molecule has 2 aliphatic carbocycles. The highest BCUT2D eigenvalue weighted by molar-refractivity contribution is 5.84. The molecule has 156 valence electrons. The van der Waals surface area contributed by atoms with Gasteiger partial charge in [-0.15, -0.1) is 0 Å². The first-order chi connectivity index (χ1) is 13.0. The summed E-state index contributed by atoms with van der Waals surface area (Å²) in [4.78, 5) is 12.3. The van der Waals surface area contributed by atoms with E-state index in [0.717, 1.165) is 70.6 Å². The predicted octanol–water partition coefficient (Wildman–Crippen LogP) is 4.16. The van der Waals surface area contributed by atoms with Crippen LogP contribution in [0.5, 0.6) is 0 Å². The summed E-state index contributed by atoms with van der Waals surface area (Å²) in [5.74, 6) is 0.456. The summed E-state index contributed by atoms with van der Waals surface area (Å²) in [6.07, 6.45) is 15.5. The average molecular weight is 381 g/mol. The third-order valence-corrected chi connectivity index (χ3v) is 6.54. The summed E-state index contributed by atoms with van der Waals surface area (Å²) in [7, 11) is 0. The van der Waals surface area contributed by atoms with Crippen LogP contribution >= 0.6 is 0 Å². The molecule has 0 aromatic carbocycles. The standard InChI is InChI=1S/C23H40O4/c1-2-3-14-23(27,18-12-13-18)15-9-11-20-19(21(25)17-22(20)26)10-7-5-4-6-8-16-24/h9,11,18-20,22,24,26-27H,2-8,10,12-17H2,1H3/b11-9+/t19-,20-,22-,23?/m1/s1.